The molecule has 1 N–H and O–H groups in total. The van der Waals surface area contributed by atoms with Crippen molar-refractivity contribution in [2.75, 3.05) is 5.32 Å². The minimum atomic E-state index is -0.677. The summed E-state index contributed by atoms with van der Waals surface area (Å²) in [4.78, 5) is 10.3. The van der Waals surface area contributed by atoms with Gasteiger partial charge in [-0.15, -0.1) is 0 Å². The molecule has 5 nitrogen and oxygen atoms in total. The first kappa shape index (κ1) is 14.5. The number of anilines is 1. The number of nitriles is 1. The van der Waals surface area contributed by atoms with E-state index in [1.54, 1.807) is 0 Å². The van der Waals surface area contributed by atoms with Crippen LogP contribution in [-0.4, -0.2) is 4.92 Å². The Morgan fingerprint density at radius 1 is 1.29 bits per heavy atom. The summed E-state index contributed by atoms with van der Waals surface area (Å²) in [6.45, 7) is 0. The molecule has 6 heteroatoms. The molecule has 2 rings (SSSR count). The Kier molecular flexibility index (Phi) is 4.46. The maximum atomic E-state index is 13.1. The summed E-state index contributed by atoms with van der Waals surface area (Å²) in [6.07, 6.45) is 0.137. The minimum Gasteiger partial charge on any atom is -0.372 e. The van der Waals surface area contributed by atoms with Crippen molar-refractivity contribution in [2.45, 2.75) is 12.5 Å². The van der Waals surface area contributed by atoms with Crippen molar-refractivity contribution >= 4 is 11.4 Å². The van der Waals surface area contributed by atoms with Crippen LogP contribution in [0, 0.1) is 27.3 Å². The van der Waals surface area contributed by atoms with Gasteiger partial charge in [-0.3, -0.25) is 10.1 Å². The van der Waals surface area contributed by atoms with E-state index in [2.05, 4.69) is 5.32 Å². The average Bonchev–Trinajstić information content (AvgIpc) is 2.49. The van der Waals surface area contributed by atoms with Gasteiger partial charge in [0, 0.05) is 0 Å². The van der Waals surface area contributed by atoms with E-state index in [1.807, 2.05) is 36.4 Å². The van der Waals surface area contributed by atoms with Crippen molar-refractivity contribution in [1.82, 2.24) is 0 Å². The highest BCUT2D eigenvalue weighted by Gasteiger charge is 2.19. The number of hydrogen-bond donors (Lipinski definition) is 1. The summed E-state index contributed by atoms with van der Waals surface area (Å²) < 4.78 is 13.1. The third-order valence-electron chi connectivity index (χ3n) is 2.98. The van der Waals surface area contributed by atoms with Crippen molar-refractivity contribution in [2.24, 2.45) is 0 Å². The zero-order chi connectivity index (χ0) is 15.2. The van der Waals surface area contributed by atoms with Gasteiger partial charge in [0.2, 0.25) is 0 Å². The lowest BCUT2D eigenvalue weighted by Gasteiger charge is -2.17. The summed E-state index contributed by atoms with van der Waals surface area (Å²) in [6, 6.07) is 14.1. The Morgan fingerprint density at radius 3 is 2.62 bits per heavy atom. The summed E-state index contributed by atoms with van der Waals surface area (Å²) in [5.74, 6) is -0.677. The molecule has 2 aromatic rings. The zero-order valence-electron chi connectivity index (χ0n) is 11.0. The van der Waals surface area contributed by atoms with Crippen LogP contribution >= 0.6 is 0 Å². The van der Waals surface area contributed by atoms with Gasteiger partial charge >= 0.3 is 0 Å². The molecule has 0 bridgehead atoms. The van der Waals surface area contributed by atoms with Crippen molar-refractivity contribution < 1.29 is 9.31 Å². The maximum Gasteiger partial charge on any atom is 0.295 e. The molecule has 0 aliphatic heterocycles. The van der Waals surface area contributed by atoms with E-state index in [0.717, 1.165) is 17.7 Å². The summed E-state index contributed by atoms with van der Waals surface area (Å²) >= 11 is 0. The fraction of sp³-hybridized carbons (Fsp3) is 0.133. The van der Waals surface area contributed by atoms with Gasteiger partial charge in [0.15, 0.2) is 0 Å². The largest absolute Gasteiger partial charge is 0.372 e. The first-order chi connectivity index (χ1) is 10.1. The summed E-state index contributed by atoms with van der Waals surface area (Å²) in [5, 5.41) is 22.8. The Hall–Kier alpha value is -2.94. The summed E-state index contributed by atoms with van der Waals surface area (Å²) in [5.41, 5.74) is 0.664. The number of nitrogens with one attached hydrogen (secondary N) is 1. The fourth-order valence-electron chi connectivity index (χ4n) is 1.99. The van der Waals surface area contributed by atoms with Crippen molar-refractivity contribution in [3.63, 3.8) is 0 Å². The number of nitro benzene ring substituents is 1. The maximum absolute atomic E-state index is 13.1. The predicted molar refractivity (Wildman–Crippen MR) is 76.1 cm³/mol. The highest BCUT2D eigenvalue weighted by Crippen LogP contribution is 2.30. The lowest BCUT2D eigenvalue weighted by molar-refractivity contribution is -0.384. The number of rotatable bonds is 5. The molecule has 0 aliphatic carbocycles. The predicted octanol–water partition coefficient (Wildman–Crippen LogP) is 3.80. The Labute approximate surface area is 120 Å². The van der Waals surface area contributed by atoms with Crippen LogP contribution in [0.3, 0.4) is 0 Å². The number of nitrogens with zero attached hydrogens (tertiary/aromatic N) is 2. The molecule has 1 unspecified atom stereocenters. The standard InChI is InChI=1S/C15H12FN3O2/c16-12-6-7-14(15(10-12)19(20)21)18-13(8-9-17)11-4-2-1-3-5-11/h1-7,10,13,18H,8H2. The van der Waals surface area contributed by atoms with Crippen LogP contribution in [0.1, 0.15) is 18.0 Å². The van der Waals surface area contributed by atoms with Gasteiger partial charge in [0.25, 0.3) is 5.69 Å². The molecule has 0 saturated heterocycles. The van der Waals surface area contributed by atoms with Gasteiger partial charge < -0.3 is 5.32 Å². The zero-order valence-corrected chi connectivity index (χ0v) is 11.0. The molecule has 0 spiro atoms. The van der Waals surface area contributed by atoms with Crippen LogP contribution < -0.4 is 5.32 Å². The molecule has 1 atom stereocenters. The molecular formula is C15H12FN3O2. The molecule has 0 fully saturated rings. The first-order valence-corrected chi connectivity index (χ1v) is 6.24. The van der Waals surface area contributed by atoms with Crippen molar-refractivity contribution in [1.29, 1.82) is 5.26 Å². The smallest absolute Gasteiger partial charge is 0.295 e. The number of halogens is 1. The molecule has 0 amide bonds. The minimum absolute atomic E-state index is 0.137. The van der Waals surface area contributed by atoms with Gasteiger partial charge in [0.05, 0.1) is 29.5 Å². The van der Waals surface area contributed by atoms with E-state index >= 15 is 0 Å². The van der Waals surface area contributed by atoms with E-state index < -0.39 is 16.8 Å². The molecule has 2 aromatic carbocycles. The van der Waals surface area contributed by atoms with Crippen LogP contribution in [0.15, 0.2) is 48.5 Å². The van der Waals surface area contributed by atoms with Gasteiger partial charge in [-0.2, -0.15) is 5.26 Å². The van der Waals surface area contributed by atoms with Gasteiger partial charge in [-0.05, 0) is 17.7 Å². The lowest BCUT2D eigenvalue weighted by atomic mass is 10.0. The van der Waals surface area contributed by atoms with Crippen LogP contribution in [0.5, 0.6) is 0 Å². The second-order valence-electron chi connectivity index (χ2n) is 4.39. The van der Waals surface area contributed by atoms with Gasteiger partial charge in [-0.25, -0.2) is 4.39 Å². The lowest BCUT2D eigenvalue weighted by Crippen LogP contribution is -2.11. The Morgan fingerprint density at radius 2 is 2.00 bits per heavy atom. The molecule has 0 saturated carbocycles. The molecular weight excluding hydrogens is 273 g/mol. The van der Waals surface area contributed by atoms with E-state index in [9.17, 15) is 14.5 Å². The van der Waals surface area contributed by atoms with Crippen LogP contribution in [0.4, 0.5) is 15.8 Å². The number of hydrogen-bond acceptors (Lipinski definition) is 4. The van der Waals surface area contributed by atoms with Gasteiger partial charge in [0.1, 0.15) is 11.5 Å². The summed E-state index contributed by atoms with van der Waals surface area (Å²) in [7, 11) is 0. The first-order valence-electron chi connectivity index (χ1n) is 6.24. The van der Waals surface area contributed by atoms with Crippen LogP contribution in [0.2, 0.25) is 0 Å². The molecule has 21 heavy (non-hydrogen) atoms. The second kappa shape index (κ2) is 6.48. The normalized spacial score (nSPS) is 11.4. The van der Waals surface area contributed by atoms with E-state index in [4.69, 9.17) is 5.26 Å². The second-order valence-corrected chi connectivity index (χ2v) is 4.39. The van der Waals surface area contributed by atoms with E-state index in [0.29, 0.717) is 0 Å². The molecule has 0 aromatic heterocycles. The monoisotopic (exact) mass is 285 g/mol. The third-order valence-corrected chi connectivity index (χ3v) is 2.98. The molecule has 0 aliphatic rings. The topological polar surface area (TPSA) is 79.0 Å². The quantitative estimate of drug-likeness (QED) is 0.669. The van der Waals surface area contributed by atoms with Crippen molar-refractivity contribution in [3.05, 3.63) is 70.0 Å². The van der Waals surface area contributed by atoms with Crippen LogP contribution in [-0.2, 0) is 0 Å². The SMILES string of the molecule is N#CCC(Nc1ccc(F)cc1[N+](=O)[O-])c1ccccc1. The van der Waals surface area contributed by atoms with Crippen molar-refractivity contribution in [3.8, 4) is 6.07 Å². The van der Waals surface area contributed by atoms with Gasteiger partial charge in [-0.1, -0.05) is 30.3 Å². The number of nitro groups is 1. The van der Waals surface area contributed by atoms with Crippen LogP contribution in [0.25, 0.3) is 0 Å². The molecule has 0 radical (unpaired) electrons. The highest BCUT2D eigenvalue weighted by atomic mass is 19.1. The fourth-order valence-corrected chi connectivity index (χ4v) is 1.99. The molecule has 106 valence electrons. The molecule has 0 heterocycles. The average molecular weight is 285 g/mol. The van der Waals surface area contributed by atoms with E-state index in [1.165, 1.54) is 6.07 Å². The number of benzene rings is 2. The van der Waals surface area contributed by atoms with E-state index in [-0.39, 0.29) is 17.8 Å². The Balaban J connectivity index is 2.34. The Bertz CT molecular complexity index is 683. The highest BCUT2D eigenvalue weighted by molar-refractivity contribution is 5.62. The third kappa shape index (κ3) is 3.54.